The van der Waals surface area contributed by atoms with Gasteiger partial charge in [0.1, 0.15) is 6.07 Å². The summed E-state index contributed by atoms with van der Waals surface area (Å²) < 4.78 is 5.05. The number of ether oxygens (including phenoxy) is 1. The smallest absolute Gasteiger partial charge is 0.246 e. The summed E-state index contributed by atoms with van der Waals surface area (Å²) in [5, 5.41) is 19.7. The van der Waals surface area contributed by atoms with E-state index in [9.17, 15) is 0 Å². The fraction of sp³-hybridized carbons (Fsp3) is 0.667. The van der Waals surface area contributed by atoms with Crippen LogP contribution in [0.25, 0.3) is 0 Å². The lowest BCUT2D eigenvalue weighted by molar-refractivity contribution is 0.0672. The summed E-state index contributed by atoms with van der Waals surface area (Å²) in [5.41, 5.74) is 0. The van der Waals surface area contributed by atoms with Gasteiger partial charge in [-0.15, -0.1) is 0 Å². The van der Waals surface area contributed by atoms with E-state index in [1.807, 2.05) is 0 Å². The van der Waals surface area contributed by atoms with E-state index >= 15 is 0 Å². The molecule has 1 fully saturated rings. The second kappa shape index (κ2) is 3.78. The van der Waals surface area contributed by atoms with Crippen LogP contribution < -0.4 is 0 Å². The third-order valence-electron chi connectivity index (χ3n) is 1.51. The topological polar surface area (TPSA) is 68.8 Å². The molecule has 60 valence electrons. The van der Waals surface area contributed by atoms with Crippen LogP contribution in [0.5, 0.6) is 0 Å². The molecule has 1 N–H and O–H groups in total. The van der Waals surface area contributed by atoms with Crippen LogP contribution in [0.2, 0.25) is 0 Å². The first-order valence-corrected chi connectivity index (χ1v) is 3.33. The average Bonchev–Trinajstić information content (AvgIpc) is 2.09. The van der Waals surface area contributed by atoms with Crippen LogP contribution >= 0.6 is 0 Å². The van der Waals surface area contributed by atoms with Crippen molar-refractivity contribution in [3.63, 3.8) is 0 Å². The second-order valence-corrected chi connectivity index (χ2v) is 2.13. The molecule has 0 spiro atoms. The Morgan fingerprint density at radius 1 is 1.55 bits per heavy atom. The van der Waals surface area contributed by atoms with E-state index in [4.69, 9.17) is 15.2 Å². The van der Waals surface area contributed by atoms with Crippen LogP contribution in [0.3, 0.4) is 0 Å². The van der Waals surface area contributed by atoms with Crippen LogP contribution in [0.1, 0.15) is 0 Å². The molecule has 0 aliphatic carbocycles. The fourth-order valence-corrected chi connectivity index (χ4v) is 0.931. The molecular formula is C6H9N3O2. The van der Waals surface area contributed by atoms with Crippen molar-refractivity contribution in [1.29, 1.82) is 5.26 Å². The van der Waals surface area contributed by atoms with Gasteiger partial charge in [-0.05, 0) is 0 Å². The number of nitrogens with zero attached hydrogens (tertiary/aromatic N) is 3. The zero-order chi connectivity index (χ0) is 8.10. The van der Waals surface area contributed by atoms with Crippen LogP contribution in [0.4, 0.5) is 0 Å². The summed E-state index contributed by atoms with van der Waals surface area (Å²) in [5.74, 6) is 0.0632. The number of amidine groups is 1. The number of rotatable bonds is 0. The first-order valence-electron chi connectivity index (χ1n) is 3.33. The van der Waals surface area contributed by atoms with Gasteiger partial charge in [-0.2, -0.15) is 5.26 Å². The Hall–Kier alpha value is -1.28. The zero-order valence-corrected chi connectivity index (χ0v) is 6.03. The van der Waals surface area contributed by atoms with Gasteiger partial charge in [0, 0.05) is 13.1 Å². The molecular weight excluding hydrogens is 146 g/mol. The van der Waals surface area contributed by atoms with Crippen molar-refractivity contribution in [2.45, 2.75) is 0 Å². The molecule has 0 atom stereocenters. The number of oxime groups is 1. The molecule has 0 unspecified atom stereocenters. The van der Waals surface area contributed by atoms with E-state index in [2.05, 4.69) is 5.16 Å². The predicted molar refractivity (Wildman–Crippen MR) is 37.2 cm³/mol. The molecule has 1 heterocycles. The highest BCUT2D eigenvalue weighted by molar-refractivity contribution is 5.96. The summed E-state index contributed by atoms with van der Waals surface area (Å²) in [7, 11) is 0. The van der Waals surface area contributed by atoms with Crippen molar-refractivity contribution in [1.82, 2.24) is 4.90 Å². The molecule has 1 aliphatic rings. The van der Waals surface area contributed by atoms with Gasteiger partial charge in [0.25, 0.3) is 0 Å². The number of hydrogen-bond acceptors (Lipinski definition) is 4. The molecule has 1 saturated heterocycles. The Morgan fingerprint density at radius 2 is 2.18 bits per heavy atom. The van der Waals surface area contributed by atoms with Crippen LogP contribution in [0.15, 0.2) is 5.16 Å². The molecule has 5 heteroatoms. The maximum absolute atomic E-state index is 8.46. The summed E-state index contributed by atoms with van der Waals surface area (Å²) >= 11 is 0. The molecule has 5 nitrogen and oxygen atoms in total. The monoisotopic (exact) mass is 155 g/mol. The lowest BCUT2D eigenvalue weighted by Gasteiger charge is -2.25. The molecule has 0 saturated carbocycles. The van der Waals surface area contributed by atoms with Gasteiger partial charge in [0.05, 0.1) is 13.2 Å². The highest BCUT2D eigenvalue weighted by Crippen LogP contribution is 1.97. The number of morpholine rings is 1. The molecule has 1 aliphatic heterocycles. The Labute approximate surface area is 64.5 Å². The number of hydrogen-bond donors (Lipinski definition) is 1. The van der Waals surface area contributed by atoms with Gasteiger partial charge >= 0.3 is 0 Å². The van der Waals surface area contributed by atoms with Crippen molar-refractivity contribution in [2.75, 3.05) is 26.3 Å². The standard InChI is InChI=1S/C6H9N3O2/c7-5-6(8-10)9-1-3-11-4-2-9/h10H,1-4H2. The lowest BCUT2D eigenvalue weighted by Crippen LogP contribution is -2.40. The normalized spacial score (nSPS) is 19.5. The predicted octanol–water partition coefficient (Wildman–Crippen LogP) is -0.370. The van der Waals surface area contributed by atoms with Crippen molar-refractivity contribution in [3.05, 3.63) is 0 Å². The zero-order valence-electron chi connectivity index (χ0n) is 6.03. The third kappa shape index (κ3) is 1.82. The Balaban J connectivity index is 2.52. The summed E-state index contributed by atoms with van der Waals surface area (Å²) in [6.07, 6.45) is 0. The Bertz CT molecular complexity index is 190. The van der Waals surface area contributed by atoms with E-state index < -0.39 is 0 Å². The van der Waals surface area contributed by atoms with Crippen LogP contribution in [-0.4, -0.2) is 42.2 Å². The van der Waals surface area contributed by atoms with E-state index in [-0.39, 0.29) is 5.84 Å². The SMILES string of the molecule is N#CC(=NO)N1CCOCC1. The fourth-order valence-electron chi connectivity index (χ4n) is 0.931. The first kappa shape index (κ1) is 7.82. The van der Waals surface area contributed by atoms with E-state index in [0.717, 1.165) is 0 Å². The molecule has 0 bridgehead atoms. The van der Waals surface area contributed by atoms with E-state index in [1.54, 1.807) is 11.0 Å². The van der Waals surface area contributed by atoms with E-state index in [0.29, 0.717) is 26.3 Å². The summed E-state index contributed by atoms with van der Waals surface area (Å²) in [6.45, 7) is 2.40. The van der Waals surface area contributed by atoms with Crippen LogP contribution in [-0.2, 0) is 4.74 Å². The number of nitriles is 1. The van der Waals surface area contributed by atoms with Gasteiger partial charge in [-0.3, -0.25) is 0 Å². The minimum atomic E-state index is 0.0632. The minimum Gasteiger partial charge on any atom is -0.409 e. The van der Waals surface area contributed by atoms with Crippen molar-refractivity contribution < 1.29 is 9.94 Å². The molecule has 0 radical (unpaired) electrons. The maximum atomic E-state index is 8.46. The summed E-state index contributed by atoms with van der Waals surface area (Å²) in [4.78, 5) is 1.68. The van der Waals surface area contributed by atoms with Crippen molar-refractivity contribution >= 4 is 5.84 Å². The summed E-state index contributed by atoms with van der Waals surface area (Å²) in [6, 6.07) is 1.79. The van der Waals surface area contributed by atoms with E-state index in [1.165, 1.54) is 0 Å². The molecule has 0 aromatic heterocycles. The van der Waals surface area contributed by atoms with Crippen molar-refractivity contribution in [3.8, 4) is 6.07 Å². The molecule has 0 aromatic rings. The van der Waals surface area contributed by atoms with Gasteiger partial charge < -0.3 is 14.8 Å². The molecule has 1 rings (SSSR count). The molecule has 0 aromatic carbocycles. The van der Waals surface area contributed by atoms with Crippen LogP contribution in [0, 0.1) is 11.3 Å². The largest absolute Gasteiger partial charge is 0.409 e. The lowest BCUT2D eigenvalue weighted by atomic mass is 10.4. The molecule has 11 heavy (non-hydrogen) atoms. The molecule has 0 amide bonds. The van der Waals surface area contributed by atoms with Gasteiger partial charge in [-0.1, -0.05) is 5.16 Å². The second-order valence-electron chi connectivity index (χ2n) is 2.13. The van der Waals surface area contributed by atoms with Gasteiger partial charge in [-0.25, -0.2) is 0 Å². The Kier molecular flexibility index (Phi) is 2.69. The van der Waals surface area contributed by atoms with Gasteiger partial charge in [0.2, 0.25) is 5.84 Å². The highest BCUT2D eigenvalue weighted by atomic mass is 16.5. The maximum Gasteiger partial charge on any atom is 0.246 e. The quantitative estimate of drug-likeness (QED) is 0.224. The minimum absolute atomic E-state index is 0.0632. The third-order valence-corrected chi connectivity index (χ3v) is 1.51. The first-order chi connectivity index (χ1) is 5.38. The van der Waals surface area contributed by atoms with Crippen molar-refractivity contribution in [2.24, 2.45) is 5.16 Å². The average molecular weight is 155 g/mol. The highest BCUT2D eigenvalue weighted by Gasteiger charge is 2.14. The van der Waals surface area contributed by atoms with Gasteiger partial charge in [0.15, 0.2) is 0 Å². The Morgan fingerprint density at radius 3 is 2.64 bits per heavy atom.